The van der Waals surface area contributed by atoms with Crippen LogP contribution in [0.3, 0.4) is 0 Å². The highest BCUT2D eigenvalue weighted by atomic mass is 16.5. The molecule has 15 heavy (non-hydrogen) atoms. The first-order chi connectivity index (χ1) is 7.25. The lowest BCUT2D eigenvalue weighted by Crippen LogP contribution is -2.15. The van der Waals surface area contributed by atoms with E-state index in [1.807, 2.05) is 24.7 Å². The SMILES string of the molecule is Cc1cc(CNCc2ccon2)n(C)n1. The highest BCUT2D eigenvalue weighted by Gasteiger charge is 2.01. The third-order valence-electron chi connectivity index (χ3n) is 2.20. The van der Waals surface area contributed by atoms with Gasteiger partial charge in [-0.15, -0.1) is 0 Å². The molecule has 0 saturated heterocycles. The van der Waals surface area contributed by atoms with Crippen LogP contribution >= 0.6 is 0 Å². The lowest BCUT2D eigenvalue weighted by atomic mass is 10.3. The molecule has 5 heteroatoms. The summed E-state index contributed by atoms with van der Waals surface area (Å²) in [5.74, 6) is 0. The Labute approximate surface area is 88.1 Å². The van der Waals surface area contributed by atoms with Gasteiger partial charge in [-0.2, -0.15) is 5.10 Å². The van der Waals surface area contributed by atoms with Gasteiger partial charge in [0.1, 0.15) is 6.26 Å². The first-order valence-corrected chi connectivity index (χ1v) is 4.85. The van der Waals surface area contributed by atoms with Crippen LogP contribution in [0.25, 0.3) is 0 Å². The average molecular weight is 206 g/mol. The molecule has 0 saturated carbocycles. The fraction of sp³-hybridized carbons (Fsp3) is 0.400. The molecule has 1 N–H and O–H groups in total. The smallest absolute Gasteiger partial charge is 0.124 e. The largest absolute Gasteiger partial charge is 0.364 e. The first kappa shape index (κ1) is 9.92. The van der Waals surface area contributed by atoms with E-state index >= 15 is 0 Å². The van der Waals surface area contributed by atoms with Crippen LogP contribution in [0.5, 0.6) is 0 Å². The van der Waals surface area contributed by atoms with Gasteiger partial charge in [0.25, 0.3) is 0 Å². The maximum absolute atomic E-state index is 4.74. The molecule has 0 atom stereocenters. The van der Waals surface area contributed by atoms with Crippen molar-refractivity contribution in [3.8, 4) is 0 Å². The van der Waals surface area contributed by atoms with Gasteiger partial charge in [-0.05, 0) is 13.0 Å². The van der Waals surface area contributed by atoms with Crippen molar-refractivity contribution in [3.63, 3.8) is 0 Å². The van der Waals surface area contributed by atoms with Gasteiger partial charge < -0.3 is 9.84 Å². The molecule has 0 aliphatic heterocycles. The van der Waals surface area contributed by atoms with Crippen LogP contribution in [0.2, 0.25) is 0 Å². The summed E-state index contributed by atoms with van der Waals surface area (Å²) >= 11 is 0. The molecule has 0 spiro atoms. The zero-order chi connectivity index (χ0) is 10.7. The molecule has 2 heterocycles. The highest BCUT2D eigenvalue weighted by Crippen LogP contribution is 2.01. The Kier molecular flexibility index (Phi) is 2.82. The van der Waals surface area contributed by atoms with Crippen molar-refractivity contribution in [2.45, 2.75) is 20.0 Å². The summed E-state index contributed by atoms with van der Waals surface area (Å²) in [6.07, 6.45) is 1.57. The first-order valence-electron chi connectivity index (χ1n) is 4.85. The zero-order valence-corrected chi connectivity index (χ0v) is 8.90. The van der Waals surface area contributed by atoms with E-state index in [-0.39, 0.29) is 0 Å². The average Bonchev–Trinajstić information content (AvgIpc) is 2.77. The Morgan fingerprint density at radius 1 is 1.47 bits per heavy atom. The predicted octanol–water partition coefficient (Wildman–Crippen LogP) is 1.01. The second-order valence-electron chi connectivity index (χ2n) is 3.49. The third-order valence-corrected chi connectivity index (χ3v) is 2.20. The van der Waals surface area contributed by atoms with Gasteiger partial charge in [0.2, 0.25) is 0 Å². The molecule has 0 fully saturated rings. The number of aryl methyl sites for hydroxylation is 2. The molecule has 2 aromatic heterocycles. The van der Waals surface area contributed by atoms with E-state index in [0.717, 1.165) is 23.6 Å². The van der Waals surface area contributed by atoms with Gasteiger partial charge in [0.05, 0.1) is 17.1 Å². The molecular weight excluding hydrogens is 192 g/mol. The molecule has 0 amide bonds. The number of hydrogen-bond acceptors (Lipinski definition) is 4. The van der Waals surface area contributed by atoms with Crippen LogP contribution in [-0.4, -0.2) is 14.9 Å². The molecule has 0 aliphatic rings. The van der Waals surface area contributed by atoms with Crippen molar-refractivity contribution in [1.82, 2.24) is 20.3 Å². The molecule has 5 nitrogen and oxygen atoms in total. The standard InChI is InChI=1S/C10H14N4O/c1-8-5-10(14(2)12-8)7-11-6-9-3-4-15-13-9/h3-5,11H,6-7H2,1-2H3. The summed E-state index contributed by atoms with van der Waals surface area (Å²) in [4.78, 5) is 0. The zero-order valence-electron chi connectivity index (χ0n) is 8.90. The summed E-state index contributed by atoms with van der Waals surface area (Å²) in [6, 6.07) is 3.91. The quantitative estimate of drug-likeness (QED) is 0.811. The maximum atomic E-state index is 4.74. The van der Waals surface area contributed by atoms with Crippen molar-refractivity contribution in [3.05, 3.63) is 35.5 Å². The van der Waals surface area contributed by atoms with Gasteiger partial charge in [-0.25, -0.2) is 0 Å². The van der Waals surface area contributed by atoms with Crippen molar-refractivity contribution in [2.75, 3.05) is 0 Å². The van der Waals surface area contributed by atoms with Gasteiger partial charge in [0, 0.05) is 26.2 Å². The fourth-order valence-electron chi connectivity index (χ4n) is 1.48. The minimum Gasteiger partial charge on any atom is -0.364 e. The van der Waals surface area contributed by atoms with E-state index in [2.05, 4.69) is 21.6 Å². The number of aromatic nitrogens is 3. The van der Waals surface area contributed by atoms with Gasteiger partial charge >= 0.3 is 0 Å². The van der Waals surface area contributed by atoms with E-state index in [0.29, 0.717) is 6.54 Å². The molecule has 0 radical (unpaired) electrons. The Morgan fingerprint density at radius 2 is 2.33 bits per heavy atom. The molecule has 2 rings (SSSR count). The van der Waals surface area contributed by atoms with E-state index in [9.17, 15) is 0 Å². The van der Waals surface area contributed by atoms with E-state index in [1.165, 1.54) is 0 Å². The summed E-state index contributed by atoms with van der Waals surface area (Å²) in [7, 11) is 1.94. The number of hydrogen-bond donors (Lipinski definition) is 1. The number of rotatable bonds is 4. The highest BCUT2D eigenvalue weighted by molar-refractivity contribution is 5.08. The normalized spacial score (nSPS) is 10.8. The summed E-state index contributed by atoms with van der Waals surface area (Å²) < 4.78 is 6.62. The Morgan fingerprint density at radius 3 is 2.93 bits per heavy atom. The molecule has 2 aromatic rings. The molecular formula is C10H14N4O. The van der Waals surface area contributed by atoms with Crippen LogP contribution in [0.4, 0.5) is 0 Å². The lowest BCUT2D eigenvalue weighted by molar-refractivity contribution is 0.408. The van der Waals surface area contributed by atoms with Crippen LogP contribution in [0.15, 0.2) is 22.9 Å². The van der Waals surface area contributed by atoms with E-state index in [4.69, 9.17) is 4.52 Å². The van der Waals surface area contributed by atoms with Gasteiger partial charge in [0.15, 0.2) is 0 Å². The van der Waals surface area contributed by atoms with Crippen molar-refractivity contribution in [2.24, 2.45) is 7.05 Å². The Bertz CT molecular complexity index is 419. The number of nitrogens with one attached hydrogen (secondary N) is 1. The summed E-state index contributed by atoms with van der Waals surface area (Å²) in [5.41, 5.74) is 3.11. The molecule has 80 valence electrons. The molecule has 0 aromatic carbocycles. The minimum atomic E-state index is 0.709. The Hall–Kier alpha value is -1.62. The topological polar surface area (TPSA) is 55.9 Å². The lowest BCUT2D eigenvalue weighted by Gasteiger charge is -2.02. The van der Waals surface area contributed by atoms with Gasteiger partial charge in [-0.3, -0.25) is 4.68 Å². The second-order valence-corrected chi connectivity index (χ2v) is 3.49. The molecule has 0 aliphatic carbocycles. The Balaban J connectivity index is 1.86. The molecule has 0 unspecified atom stereocenters. The minimum absolute atomic E-state index is 0.709. The predicted molar refractivity (Wildman–Crippen MR) is 55.0 cm³/mol. The third kappa shape index (κ3) is 2.44. The second kappa shape index (κ2) is 4.27. The van der Waals surface area contributed by atoms with E-state index in [1.54, 1.807) is 6.26 Å². The van der Waals surface area contributed by atoms with E-state index < -0.39 is 0 Å². The van der Waals surface area contributed by atoms with Crippen LogP contribution in [-0.2, 0) is 20.1 Å². The monoisotopic (exact) mass is 206 g/mol. The molecule has 0 bridgehead atoms. The van der Waals surface area contributed by atoms with Gasteiger partial charge in [-0.1, -0.05) is 5.16 Å². The van der Waals surface area contributed by atoms with Crippen molar-refractivity contribution in [1.29, 1.82) is 0 Å². The fourth-order valence-corrected chi connectivity index (χ4v) is 1.48. The van der Waals surface area contributed by atoms with Crippen LogP contribution in [0, 0.1) is 6.92 Å². The maximum Gasteiger partial charge on any atom is 0.124 e. The van der Waals surface area contributed by atoms with Crippen molar-refractivity contribution < 1.29 is 4.52 Å². The number of nitrogens with zero attached hydrogens (tertiary/aromatic N) is 3. The van der Waals surface area contributed by atoms with Crippen molar-refractivity contribution >= 4 is 0 Å². The van der Waals surface area contributed by atoms with Crippen LogP contribution < -0.4 is 5.32 Å². The van der Waals surface area contributed by atoms with Crippen LogP contribution in [0.1, 0.15) is 17.1 Å². The summed E-state index contributed by atoms with van der Waals surface area (Å²) in [6.45, 7) is 3.48. The summed E-state index contributed by atoms with van der Waals surface area (Å²) in [5, 5.41) is 11.4.